The summed E-state index contributed by atoms with van der Waals surface area (Å²) in [5.41, 5.74) is 1.21. The molecule has 0 bridgehead atoms. The van der Waals surface area contributed by atoms with Gasteiger partial charge in [0.15, 0.2) is 6.61 Å². The standard InChI is InChI=1S/C25H24ClFN2O5/c1-3-32-22-14-20(29-25(31)16-8-6-5-7-9-16)23(33-4-2)13-19(22)28-24(30)15-34-21-11-10-17(27)12-18(21)26/h5-14H,3-4,15H2,1-2H3,(H,28,30)(H,29,31). The van der Waals surface area contributed by atoms with Crippen LogP contribution < -0.4 is 24.8 Å². The fourth-order valence-corrected chi connectivity index (χ4v) is 3.23. The van der Waals surface area contributed by atoms with Crippen LogP contribution in [-0.2, 0) is 4.79 Å². The predicted molar refractivity (Wildman–Crippen MR) is 129 cm³/mol. The average Bonchev–Trinajstić information content (AvgIpc) is 2.82. The molecule has 2 N–H and O–H groups in total. The fourth-order valence-electron chi connectivity index (χ4n) is 3.01. The highest BCUT2D eigenvalue weighted by Crippen LogP contribution is 2.37. The zero-order chi connectivity index (χ0) is 24.5. The summed E-state index contributed by atoms with van der Waals surface area (Å²) < 4.78 is 29.9. The van der Waals surface area contributed by atoms with Crippen LogP contribution in [0.4, 0.5) is 15.8 Å². The number of nitrogens with one attached hydrogen (secondary N) is 2. The van der Waals surface area contributed by atoms with Crippen LogP contribution in [0.15, 0.2) is 60.7 Å². The number of ether oxygens (including phenoxy) is 3. The number of rotatable bonds is 10. The molecule has 0 aliphatic heterocycles. The lowest BCUT2D eigenvalue weighted by Gasteiger charge is -2.18. The Hall–Kier alpha value is -3.78. The number of carbonyl (C=O) groups is 2. The normalized spacial score (nSPS) is 10.4. The van der Waals surface area contributed by atoms with Gasteiger partial charge in [0.1, 0.15) is 23.1 Å². The van der Waals surface area contributed by atoms with E-state index in [-0.39, 0.29) is 23.3 Å². The van der Waals surface area contributed by atoms with Crippen molar-refractivity contribution in [3.8, 4) is 17.2 Å². The van der Waals surface area contributed by atoms with Crippen molar-refractivity contribution in [2.24, 2.45) is 0 Å². The molecule has 0 fully saturated rings. The Kier molecular flexibility index (Phi) is 8.70. The van der Waals surface area contributed by atoms with Gasteiger partial charge in [-0.3, -0.25) is 9.59 Å². The number of amides is 2. The highest BCUT2D eigenvalue weighted by molar-refractivity contribution is 6.32. The van der Waals surface area contributed by atoms with Crippen LogP contribution in [0.3, 0.4) is 0 Å². The Bertz CT molecular complexity index is 1160. The molecule has 178 valence electrons. The van der Waals surface area contributed by atoms with Gasteiger partial charge in [0.05, 0.1) is 29.6 Å². The lowest BCUT2D eigenvalue weighted by atomic mass is 10.2. The lowest BCUT2D eigenvalue weighted by Crippen LogP contribution is -2.21. The maximum Gasteiger partial charge on any atom is 0.262 e. The Morgan fingerprint density at radius 3 is 2.03 bits per heavy atom. The average molecular weight is 487 g/mol. The number of hydrogen-bond donors (Lipinski definition) is 2. The quantitative estimate of drug-likeness (QED) is 0.392. The van der Waals surface area contributed by atoms with E-state index in [4.69, 9.17) is 25.8 Å². The Balaban J connectivity index is 1.79. The van der Waals surface area contributed by atoms with E-state index in [0.717, 1.165) is 6.07 Å². The number of halogens is 2. The molecule has 3 aromatic rings. The molecule has 0 saturated carbocycles. The van der Waals surface area contributed by atoms with E-state index >= 15 is 0 Å². The summed E-state index contributed by atoms with van der Waals surface area (Å²) in [6, 6.07) is 15.5. The van der Waals surface area contributed by atoms with E-state index in [0.29, 0.717) is 41.7 Å². The van der Waals surface area contributed by atoms with Gasteiger partial charge in [0.2, 0.25) is 0 Å². The molecular formula is C25H24ClFN2O5. The summed E-state index contributed by atoms with van der Waals surface area (Å²) in [5.74, 6) is -0.450. The largest absolute Gasteiger partial charge is 0.492 e. The zero-order valence-electron chi connectivity index (χ0n) is 18.7. The first-order chi connectivity index (χ1) is 16.4. The summed E-state index contributed by atoms with van der Waals surface area (Å²) in [7, 11) is 0. The summed E-state index contributed by atoms with van der Waals surface area (Å²) in [6.07, 6.45) is 0. The highest BCUT2D eigenvalue weighted by atomic mass is 35.5. The molecule has 3 aromatic carbocycles. The SMILES string of the molecule is CCOc1cc(NC(=O)c2ccccc2)c(OCC)cc1NC(=O)COc1ccc(F)cc1Cl. The minimum atomic E-state index is -0.508. The molecule has 7 nitrogen and oxygen atoms in total. The molecule has 2 amide bonds. The van der Waals surface area contributed by atoms with Gasteiger partial charge in [-0.1, -0.05) is 29.8 Å². The summed E-state index contributed by atoms with van der Waals surface area (Å²) in [4.78, 5) is 25.2. The minimum absolute atomic E-state index is 0.0555. The fraction of sp³-hybridized carbons (Fsp3) is 0.200. The van der Waals surface area contributed by atoms with Gasteiger partial charge >= 0.3 is 0 Å². The molecule has 0 atom stereocenters. The van der Waals surface area contributed by atoms with Gasteiger partial charge in [0, 0.05) is 17.7 Å². The molecule has 0 spiro atoms. The first kappa shape index (κ1) is 24.9. The number of carbonyl (C=O) groups excluding carboxylic acids is 2. The molecule has 3 rings (SSSR count). The molecule has 34 heavy (non-hydrogen) atoms. The minimum Gasteiger partial charge on any atom is -0.492 e. The number of benzene rings is 3. The molecule has 0 unspecified atom stereocenters. The molecule has 0 aromatic heterocycles. The Morgan fingerprint density at radius 2 is 1.44 bits per heavy atom. The van der Waals surface area contributed by atoms with Crippen molar-refractivity contribution in [3.05, 3.63) is 77.1 Å². The smallest absolute Gasteiger partial charge is 0.262 e. The molecule has 0 aliphatic carbocycles. The molecular weight excluding hydrogens is 463 g/mol. The third-order valence-electron chi connectivity index (χ3n) is 4.49. The van der Waals surface area contributed by atoms with Crippen LogP contribution in [0.1, 0.15) is 24.2 Å². The maximum atomic E-state index is 13.2. The van der Waals surface area contributed by atoms with Crippen molar-refractivity contribution in [3.63, 3.8) is 0 Å². The van der Waals surface area contributed by atoms with Crippen LogP contribution in [0.5, 0.6) is 17.2 Å². The number of anilines is 2. The molecule has 0 saturated heterocycles. The second kappa shape index (κ2) is 11.9. The highest BCUT2D eigenvalue weighted by Gasteiger charge is 2.17. The molecule has 0 aliphatic rings. The predicted octanol–water partition coefficient (Wildman–Crippen LogP) is 5.55. The second-order valence-corrected chi connectivity index (χ2v) is 7.35. The van der Waals surface area contributed by atoms with Crippen molar-refractivity contribution in [1.82, 2.24) is 0 Å². The van der Waals surface area contributed by atoms with Crippen molar-refractivity contribution in [1.29, 1.82) is 0 Å². The maximum absolute atomic E-state index is 13.2. The van der Waals surface area contributed by atoms with Crippen LogP contribution in [-0.4, -0.2) is 31.6 Å². The monoisotopic (exact) mass is 486 g/mol. The van der Waals surface area contributed by atoms with E-state index < -0.39 is 11.7 Å². The van der Waals surface area contributed by atoms with Gasteiger partial charge in [0.25, 0.3) is 11.8 Å². The van der Waals surface area contributed by atoms with Crippen molar-refractivity contribution < 1.29 is 28.2 Å². The first-order valence-corrected chi connectivity index (χ1v) is 11.0. The molecule has 9 heteroatoms. The topological polar surface area (TPSA) is 85.9 Å². The summed E-state index contributed by atoms with van der Waals surface area (Å²) in [5, 5.41) is 5.59. The number of hydrogen-bond acceptors (Lipinski definition) is 5. The van der Waals surface area contributed by atoms with E-state index in [1.165, 1.54) is 12.1 Å². The Labute approximate surface area is 201 Å². The van der Waals surface area contributed by atoms with Gasteiger partial charge in [-0.25, -0.2) is 4.39 Å². The van der Waals surface area contributed by atoms with Gasteiger partial charge in [-0.2, -0.15) is 0 Å². The van der Waals surface area contributed by atoms with Crippen LogP contribution in [0.2, 0.25) is 5.02 Å². The zero-order valence-corrected chi connectivity index (χ0v) is 19.4. The van der Waals surface area contributed by atoms with E-state index in [2.05, 4.69) is 10.6 Å². The Morgan fingerprint density at radius 1 is 0.824 bits per heavy atom. The van der Waals surface area contributed by atoms with E-state index in [9.17, 15) is 14.0 Å². The third-order valence-corrected chi connectivity index (χ3v) is 4.79. The second-order valence-electron chi connectivity index (χ2n) is 6.94. The van der Waals surface area contributed by atoms with Crippen LogP contribution in [0.25, 0.3) is 0 Å². The van der Waals surface area contributed by atoms with Crippen molar-refractivity contribution in [2.75, 3.05) is 30.5 Å². The van der Waals surface area contributed by atoms with Gasteiger partial charge < -0.3 is 24.8 Å². The van der Waals surface area contributed by atoms with Crippen LogP contribution in [0, 0.1) is 5.82 Å². The summed E-state index contributed by atoms with van der Waals surface area (Å²) in [6.45, 7) is 3.89. The molecule has 0 heterocycles. The van der Waals surface area contributed by atoms with Gasteiger partial charge in [-0.15, -0.1) is 0 Å². The van der Waals surface area contributed by atoms with Gasteiger partial charge in [-0.05, 0) is 44.2 Å². The third kappa shape index (κ3) is 6.62. The lowest BCUT2D eigenvalue weighted by molar-refractivity contribution is -0.118. The van der Waals surface area contributed by atoms with Crippen molar-refractivity contribution >= 4 is 34.8 Å². The summed E-state index contributed by atoms with van der Waals surface area (Å²) >= 11 is 5.93. The first-order valence-electron chi connectivity index (χ1n) is 10.6. The van der Waals surface area contributed by atoms with E-state index in [1.54, 1.807) is 50.2 Å². The van der Waals surface area contributed by atoms with E-state index in [1.807, 2.05) is 6.07 Å². The molecule has 0 radical (unpaired) electrons. The van der Waals surface area contributed by atoms with Crippen LogP contribution >= 0.6 is 11.6 Å². The van der Waals surface area contributed by atoms with Crippen molar-refractivity contribution in [2.45, 2.75) is 13.8 Å².